The molecule has 0 radical (unpaired) electrons. The summed E-state index contributed by atoms with van der Waals surface area (Å²) < 4.78 is 40.6. The van der Waals surface area contributed by atoms with Crippen LogP contribution in [0.4, 0.5) is 5.69 Å². The number of aryl methyl sites for hydroxylation is 1. The van der Waals surface area contributed by atoms with E-state index in [-0.39, 0.29) is 11.0 Å². The molecule has 2 aliphatic rings. The van der Waals surface area contributed by atoms with E-state index in [1.807, 2.05) is 59.2 Å². The minimum absolute atomic E-state index is 0.0357. The Hall–Kier alpha value is -7.53. The number of nitrogens with zero attached hydrogens (tertiary/aromatic N) is 5. The zero-order chi connectivity index (χ0) is 50.5. The molecule has 0 aliphatic carbocycles. The summed E-state index contributed by atoms with van der Waals surface area (Å²) in [6.45, 7) is 6.22. The first-order chi connectivity index (χ1) is 35.9. The van der Waals surface area contributed by atoms with E-state index < -0.39 is 6.85 Å². The van der Waals surface area contributed by atoms with E-state index in [2.05, 4.69) is 175 Å². The van der Waals surface area contributed by atoms with Crippen molar-refractivity contribution >= 4 is 38.5 Å². The van der Waals surface area contributed by atoms with Crippen LogP contribution in [-0.4, -0.2) is 31.8 Å². The summed E-state index contributed by atoms with van der Waals surface area (Å²) >= 11 is 2.52. The standard InChI is InChI=1S/C64H51N5O.Pt/c1-42-37-59(65-40-54(42)43-28-30-46(31-29-43)64(2,3)4)69-55-25-12-11-23-50(55)51-33-32-49(39-58(51)69)70-48-22-15-21-47(38-48)67-41-68(57-27-14-13-26-56(57)67)63-60(44-17-7-5-8-18-44)52-24-16-35-66-36-34-53(62(52)66)61(63)45-19-9-6-10-20-45;/h5-15,17-23,25-33,37,40H,16,24,34-36H2,1-4H3;/q-2;/i1D3;. The fraction of sp³-hybridized carbons (Fsp3) is 0.156. The van der Waals surface area contributed by atoms with Gasteiger partial charge in [-0.3, -0.25) is 0 Å². The second kappa shape index (κ2) is 17.1. The average molecular weight is 1100 g/mol. The molecular weight excluding hydrogens is 1050 g/mol. The van der Waals surface area contributed by atoms with E-state index in [4.69, 9.17) is 13.8 Å². The maximum atomic E-state index is 8.70. The number of hydrogen-bond acceptors (Lipinski definition) is 3. The van der Waals surface area contributed by atoms with E-state index in [0.717, 1.165) is 80.2 Å². The molecule has 0 spiro atoms. The molecule has 0 saturated carbocycles. The molecule has 7 heteroatoms. The third-order valence-corrected chi connectivity index (χ3v) is 15.5. The normalized spacial score (nSPS) is 14.2. The SMILES string of the molecule is [2H]C([2H])([2H])c1cc(-n2c3[c-]c(Oc4[c-]c(-n5[c](=[Pt])n(-c6c(-c7ccccc7)c7c8c(c6-c6ccccc6)CCN8CCC7)c6ccccc65)ccc4)ccc3c3ccccc32)ncc1-c1ccc(C(C)(C)C)cc1. The molecule has 350 valence electrons. The Morgan fingerprint density at radius 2 is 1.25 bits per heavy atom. The van der Waals surface area contributed by atoms with Crippen molar-refractivity contribution in [1.82, 2.24) is 18.7 Å². The van der Waals surface area contributed by atoms with E-state index in [0.29, 0.717) is 22.9 Å². The second-order valence-corrected chi connectivity index (χ2v) is 20.7. The Morgan fingerprint density at radius 1 is 0.592 bits per heavy atom. The number of aromatic nitrogens is 4. The van der Waals surface area contributed by atoms with Gasteiger partial charge in [0.25, 0.3) is 0 Å². The van der Waals surface area contributed by atoms with Crippen molar-refractivity contribution in [2.75, 3.05) is 18.0 Å². The quantitative estimate of drug-likeness (QED) is 0.142. The molecule has 0 bridgehead atoms. The van der Waals surface area contributed by atoms with Crippen LogP contribution < -0.4 is 9.64 Å². The fourth-order valence-electron chi connectivity index (χ4n) is 11.2. The van der Waals surface area contributed by atoms with Crippen molar-refractivity contribution in [3.63, 3.8) is 0 Å². The van der Waals surface area contributed by atoms with Crippen LogP contribution in [0.25, 0.3) is 83.4 Å². The van der Waals surface area contributed by atoms with Gasteiger partial charge in [-0.15, -0.1) is 0 Å². The van der Waals surface area contributed by atoms with Gasteiger partial charge in [0.2, 0.25) is 0 Å². The van der Waals surface area contributed by atoms with Crippen LogP contribution in [0.1, 0.15) is 53.6 Å². The number of pyridine rings is 1. The summed E-state index contributed by atoms with van der Waals surface area (Å²) in [6.07, 6.45) is 4.84. The number of rotatable bonds is 8. The second-order valence-electron chi connectivity index (χ2n) is 19.7. The molecule has 71 heavy (non-hydrogen) atoms. The van der Waals surface area contributed by atoms with Crippen LogP contribution in [0.15, 0.2) is 176 Å². The average Bonchev–Trinajstić information content (AvgIpc) is 4.08. The Labute approximate surface area is 429 Å². The predicted molar refractivity (Wildman–Crippen MR) is 286 cm³/mol. The molecule has 8 aromatic carbocycles. The number of imidazole rings is 1. The fourth-order valence-corrected chi connectivity index (χ4v) is 12.3. The summed E-state index contributed by atoms with van der Waals surface area (Å²) in [7, 11) is 0. The van der Waals surface area contributed by atoms with Gasteiger partial charge in [0, 0.05) is 15.9 Å². The van der Waals surface area contributed by atoms with Gasteiger partial charge in [0.05, 0.1) is 0 Å². The van der Waals surface area contributed by atoms with Gasteiger partial charge in [0.1, 0.15) is 0 Å². The molecule has 5 heterocycles. The first-order valence-electron chi connectivity index (χ1n) is 25.9. The monoisotopic (exact) mass is 1100 g/mol. The van der Waals surface area contributed by atoms with E-state index in [1.54, 1.807) is 12.3 Å². The van der Waals surface area contributed by atoms with Gasteiger partial charge >= 0.3 is 330 Å². The molecule has 0 amide bonds. The first kappa shape index (κ1) is 40.2. The van der Waals surface area contributed by atoms with Crippen molar-refractivity contribution in [2.45, 2.75) is 52.3 Å². The van der Waals surface area contributed by atoms with Crippen LogP contribution in [0.5, 0.6) is 11.5 Å². The minimum Gasteiger partial charge on any atom is -0.0579 e. The Kier molecular flexibility index (Phi) is 9.69. The van der Waals surface area contributed by atoms with Crippen LogP contribution in [0.2, 0.25) is 0 Å². The summed E-state index contributed by atoms with van der Waals surface area (Å²) in [4.78, 5) is 7.60. The molecule has 0 fully saturated rings. The summed E-state index contributed by atoms with van der Waals surface area (Å²) in [5.74, 6) is 1.51. The minimum atomic E-state index is -2.40. The smallest absolute Gasteiger partial charge is 0.0579 e. The van der Waals surface area contributed by atoms with Gasteiger partial charge in [-0.05, 0) is 29.0 Å². The number of fused-ring (bicyclic) bond motifs is 4. The van der Waals surface area contributed by atoms with Crippen LogP contribution >= 0.6 is 0 Å². The number of anilines is 1. The predicted octanol–water partition coefficient (Wildman–Crippen LogP) is 15.3. The third-order valence-electron chi connectivity index (χ3n) is 14.5. The van der Waals surface area contributed by atoms with Crippen LogP contribution in [0.3, 0.4) is 0 Å². The van der Waals surface area contributed by atoms with Crippen molar-refractivity contribution in [1.29, 1.82) is 0 Å². The first-order valence-corrected chi connectivity index (χ1v) is 25.6. The van der Waals surface area contributed by atoms with Crippen molar-refractivity contribution in [3.8, 4) is 62.1 Å². The van der Waals surface area contributed by atoms with Crippen molar-refractivity contribution in [3.05, 3.63) is 214 Å². The van der Waals surface area contributed by atoms with E-state index >= 15 is 0 Å². The molecule has 6 nitrogen and oxygen atoms in total. The number of ether oxygens (including phenoxy) is 1. The molecular formula is C64H51N5OPt-2. The van der Waals surface area contributed by atoms with Crippen molar-refractivity contribution in [2.24, 2.45) is 0 Å². The molecule has 13 rings (SSSR count). The van der Waals surface area contributed by atoms with E-state index in [9.17, 15) is 0 Å². The van der Waals surface area contributed by atoms with Gasteiger partial charge in [-0.1, -0.05) is 57.2 Å². The molecule has 11 aromatic rings. The van der Waals surface area contributed by atoms with Gasteiger partial charge in [-0.2, -0.15) is 0 Å². The van der Waals surface area contributed by atoms with E-state index in [1.165, 1.54) is 50.3 Å². The topological polar surface area (TPSA) is 40.1 Å². The van der Waals surface area contributed by atoms with Crippen molar-refractivity contribution < 1.29 is 28.2 Å². The zero-order valence-electron chi connectivity index (χ0n) is 42.7. The van der Waals surface area contributed by atoms with Gasteiger partial charge in [0.15, 0.2) is 0 Å². The number of hydrogen-bond donors (Lipinski definition) is 0. The molecule has 0 saturated heterocycles. The molecule has 0 unspecified atom stereocenters. The number of para-hydroxylation sites is 3. The summed E-state index contributed by atoms with van der Waals surface area (Å²) in [5, 5.41) is 1.94. The molecule has 0 atom stereocenters. The zero-order valence-corrected chi connectivity index (χ0v) is 42.0. The van der Waals surface area contributed by atoms with Gasteiger partial charge in [-0.25, -0.2) is 0 Å². The maximum absolute atomic E-state index is 8.70. The number of benzene rings is 8. The molecule has 3 aromatic heterocycles. The molecule has 2 aliphatic heterocycles. The van der Waals surface area contributed by atoms with Crippen LogP contribution in [0, 0.1) is 22.8 Å². The third kappa shape index (κ3) is 7.25. The van der Waals surface area contributed by atoms with Gasteiger partial charge < -0.3 is 0 Å². The van der Waals surface area contributed by atoms with Crippen LogP contribution in [-0.2, 0) is 37.6 Å². The summed E-state index contributed by atoms with van der Waals surface area (Å²) in [6, 6.07) is 65.8. The Morgan fingerprint density at radius 3 is 1.97 bits per heavy atom. The Balaban J connectivity index is 0.939. The molecule has 0 N–H and O–H groups in total. The summed E-state index contributed by atoms with van der Waals surface area (Å²) in [5.41, 5.74) is 17.8. The Bertz CT molecular complexity index is 4070.